The molecule has 1 atom stereocenters. The topological polar surface area (TPSA) is 95.0 Å². The zero-order valence-corrected chi connectivity index (χ0v) is 19.9. The lowest BCUT2D eigenvalue weighted by molar-refractivity contribution is -0.119. The number of hydrogen-bond donors (Lipinski definition) is 4. The molecule has 1 aromatic rings. The number of halogens is 1. The molecule has 0 saturated carbocycles. The average Bonchev–Trinajstić information content (AvgIpc) is 2.63. The first kappa shape index (κ1) is 26.6. The maximum absolute atomic E-state index is 11.7. The molecule has 1 rings (SSSR count). The Hall–Kier alpha value is -1.39. The summed E-state index contributed by atoms with van der Waals surface area (Å²) in [5.41, 5.74) is 2.14. The van der Waals surface area contributed by atoms with Gasteiger partial charge in [-0.2, -0.15) is 0 Å². The summed E-state index contributed by atoms with van der Waals surface area (Å²) in [5.74, 6) is 0.312. The number of benzene rings is 1. The van der Waals surface area contributed by atoms with Crippen molar-refractivity contribution in [2.45, 2.75) is 39.2 Å². The van der Waals surface area contributed by atoms with Gasteiger partial charge in [-0.05, 0) is 23.5 Å². The predicted octanol–water partition coefficient (Wildman–Crippen LogP) is 1.95. The van der Waals surface area contributed by atoms with Gasteiger partial charge in [0.2, 0.25) is 5.91 Å². The van der Waals surface area contributed by atoms with Crippen LogP contribution in [0.2, 0.25) is 0 Å². The second-order valence-electron chi connectivity index (χ2n) is 7.31. The maximum Gasteiger partial charge on any atom is 0.241 e. The molecule has 160 valence electrons. The summed E-state index contributed by atoms with van der Waals surface area (Å²) in [7, 11) is 1.58. The molecule has 0 aromatic heterocycles. The van der Waals surface area contributed by atoms with Crippen LogP contribution in [0.1, 0.15) is 44.9 Å². The minimum Gasteiger partial charge on any atom is -0.387 e. The summed E-state index contributed by atoms with van der Waals surface area (Å²) in [6, 6.07) is 7.98. The third kappa shape index (κ3) is 10.2. The van der Waals surface area contributed by atoms with Gasteiger partial charge in [-0.3, -0.25) is 4.79 Å². The van der Waals surface area contributed by atoms with Crippen molar-refractivity contribution in [1.29, 1.82) is 0 Å². The summed E-state index contributed by atoms with van der Waals surface area (Å²) < 4.78 is 4.89. The number of hydrogen-bond acceptors (Lipinski definition) is 4. The largest absolute Gasteiger partial charge is 0.387 e. The van der Waals surface area contributed by atoms with Crippen LogP contribution < -0.4 is 16.0 Å². The Balaban J connectivity index is 0.00000729. The van der Waals surface area contributed by atoms with Gasteiger partial charge in [0, 0.05) is 26.7 Å². The highest BCUT2D eigenvalue weighted by molar-refractivity contribution is 14.0. The van der Waals surface area contributed by atoms with E-state index in [0.717, 1.165) is 5.56 Å². The van der Waals surface area contributed by atoms with E-state index in [2.05, 4.69) is 41.7 Å². The lowest BCUT2D eigenvalue weighted by atomic mass is 9.86. The second-order valence-corrected chi connectivity index (χ2v) is 7.31. The number of aliphatic hydroxyl groups is 1. The number of carbonyl (C=O) groups excluding carboxylic acids is 1. The molecule has 7 nitrogen and oxygen atoms in total. The Kier molecular flexibility index (Phi) is 13.0. The highest BCUT2D eigenvalue weighted by Gasteiger charge is 2.15. The van der Waals surface area contributed by atoms with E-state index in [1.165, 1.54) is 5.56 Å². The Morgan fingerprint density at radius 1 is 1.18 bits per heavy atom. The highest BCUT2D eigenvalue weighted by atomic mass is 127. The second kappa shape index (κ2) is 13.7. The minimum atomic E-state index is -0.668. The molecule has 8 heteroatoms. The van der Waals surface area contributed by atoms with E-state index >= 15 is 0 Å². The molecule has 0 fully saturated rings. The van der Waals surface area contributed by atoms with E-state index in [-0.39, 0.29) is 41.8 Å². The molecule has 0 spiro atoms. The summed E-state index contributed by atoms with van der Waals surface area (Å²) >= 11 is 0. The molecule has 1 unspecified atom stereocenters. The first-order valence-electron chi connectivity index (χ1n) is 9.34. The molecule has 0 heterocycles. The molecular formula is C20H35IN4O3. The van der Waals surface area contributed by atoms with Gasteiger partial charge in [-0.15, -0.1) is 24.0 Å². The third-order valence-corrected chi connectivity index (χ3v) is 3.98. The molecule has 0 aliphatic heterocycles. The quantitative estimate of drug-likeness (QED) is 0.178. The van der Waals surface area contributed by atoms with Gasteiger partial charge in [0.25, 0.3) is 0 Å². The third-order valence-electron chi connectivity index (χ3n) is 3.98. The smallest absolute Gasteiger partial charge is 0.241 e. The molecule has 0 bridgehead atoms. The minimum absolute atomic E-state index is 0. The predicted molar refractivity (Wildman–Crippen MR) is 124 cm³/mol. The van der Waals surface area contributed by atoms with Crippen molar-refractivity contribution < 1.29 is 14.6 Å². The fourth-order valence-electron chi connectivity index (χ4n) is 2.36. The van der Waals surface area contributed by atoms with Crippen LogP contribution in [0.25, 0.3) is 0 Å². The first-order valence-corrected chi connectivity index (χ1v) is 9.34. The van der Waals surface area contributed by atoms with Crippen molar-refractivity contribution in [2.24, 2.45) is 4.99 Å². The zero-order chi connectivity index (χ0) is 20.3. The number of rotatable bonds is 9. The van der Waals surface area contributed by atoms with Crippen LogP contribution in [0.4, 0.5) is 0 Å². The van der Waals surface area contributed by atoms with Gasteiger partial charge in [-0.1, -0.05) is 45.0 Å². The Bertz CT molecular complexity index is 600. The van der Waals surface area contributed by atoms with Crippen LogP contribution in [0.5, 0.6) is 0 Å². The van der Waals surface area contributed by atoms with Gasteiger partial charge in [0.05, 0.1) is 12.7 Å². The van der Waals surface area contributed by atoms with Crippen LogP contribution in [-0.4, -0.2) is 56.9 Å². The summed E-state index contributed by atoms with van der Waals surface area (Å²) in [6.07, 6.45) is -0.668. The van der Waals surface area contributed by atoms with Gasteiger partial charge in [0.15, 0.2) is 5.96 Å². The first-order chi connectivity index (χ1) is 12.8. The number of aliphatic hydroxyl groups excluding tert-OH is 1. The molecule has 0 radical (unpaired) electrons. The highest BCUT2D eigenvalue weighted by Crippen LogP contribution is 2.23. The molecule has 0 aliphatic carbocycles. The van der Waals surface area contributed by atoms with Crippen LogP contribution in [0, 0.1) is 0 Å². The number of carbonyl (C=O) groups is 1. The van der Waals surface area contributed by atoms with Crippen molar-refractivity contribution in [3.63, 3.8) is 0 Å². The molecule has 28 heavy (non-hydrogen) atoms. The number of methoxy groups -OCH3 is 1. The van der Waals surface area contributed by atoms with E-state index in [0.29, 0.717) is 32.2 Å². The fraction of sp³-hybridized carbons (Fsp3) is 0.600. The zero-order valence-electron chi connectivity index (χ0n) is 17.5. The van der Waals surface area contributed by atoms with Gasteiger partial charge < -0.3 is 25.8 Å². The number of guanidine groups is 1. The van der Waals surface area contributed by atoms with E-state index in [9.17, 15) is 9.90 Å². The van der Waals surface area contributed by atoms with E-state index in [1.54, 1.807) is 7.11 Å². The number of nitrogens with zero attached hydrogens (tertiary/aromatic N) is 1. The van der Waals surface area contributed by atoms with Crippen LogP contribution >= 0.6 is 24.0 Å². The van der Waals surface area contributed by atoms with Crippen molar-refractivity contribution in [1.82, 2.24) is 16.0 Å². The van der Waals surface area contributed by atoms with E-state index < -0.39 is 6.10 Å². The monoisotopic (exact) mass is 506 g/mol. The van der Waals surface area contributed by atoms with Gasteiger partial charge in [0.1, 0.15) is 6.54 Å². The number of nitrogens with one attached hydrogen (secondary N) is 3. The van der Waals surface area contributed by atoms with Crippen molar-refractivity contribution >= 4 is 35.8 Å². The molecule has 4 N–H and O–H groups in total. The van der Waals surface area contributed by atoms with E-state index in [4.69, 9.17) is 4.74 Å². The maximum atomic E-state index is 11.7. The lowest BCUT2D eigenvalue weighted by Gasteiger charge is -2.20. The lowest BCUT2D eigenvalue weighted by Crippen LogP contribution is -2.40. The fourth-order valence-corrected chi connectivity index (χ4v) is 2.36. The Labute approximate surface area is 185 Å². The number of ether oxygens (including phenoxy) is 1. The van der Waals surface area contributed by atoms with Gasteiger partial charge >= 0.3 is 0 Å². The molecule has 0 saturated heterocycles. The summed E-state index contributed by atoms with van der Waals surface area (Å²) in [6.45, 7) is 10.3. The number of amides is 1. The SMILES string of the molecule is CCNC(=NCC(=O)NCCOC)NCC(O)c1ccc(C(C)(C)C)cc1.I. The Morgan fingerprint density at radius 2 is 1.82 bits per heavy atom. The molecule has 1 aromatic carbocycles. The summed E-state index contributed by atoms with van der Waals surface area (Å²) in [4.78, 5) is 16.0. The molecule has 0 aliphatic rings. The van der Waals surface area contributed by atoms with Crippen LogP contribution in [-0.2, 0) is 14.9 Å². The molecule has 1 amide bonds. The Morgan fingerprint density at radius 3 is 2.36 bits per heavy atom. The number of aliphatic imine (C=N–C) groups is 1. The van der Waals surface area contributed by atoms with E-state index in [1.807, 2.05) is 31.2 Å². The van der Waals surface area contributed by atoms with Gasteiger partial charge in [-0.25, -0.2) is 4.99 Å². The van der Waals surface area contributed by atoms with Crippen molar-refractivity contribution in [2.75, 3.05) is 39.9 Å². The van der Waals surface area contributed by atoms with Crippen molar-refractivity contribution in [3.8, 4) is 0 Å². The summed E-state index contributed by atoms with van der Waals surface area (Å²) in [5, 5.41) is 19.3. The van der Waals surface area contributed by atoms with Crippen LogP contribution in [0.3, 0.4) is 0 Å². The van der Waals surface area contributed by atoms with Crippen molar-refractivity contribution in [3.05, 3.63) is 35.4 Å². The average molecular weight is 506 g/mol. The standard InChI is InChI=1S/C20H34N4O3.HI/c1-6-21-19(24-14-18(26)22-11-12-27-5)23-13-17(25)15-7-9-16(10-8-15)20(2,3)4;/h7-10,17,25H,6,11-14H2,1-5H3,(H,22,26)(H2,21,23,24);1H. The normalized spacial score (nSPS) is 12.7. The molecular weight excluding hydrogens is 471 g/mol. The van der Waals surface area contributed by atoms with Crippen LogP contribution in [0.15, 0.2) is 29.3 Å².